The van der Waals surface area contributed by atoms with Crippen molar-refractivity contribution in [2.75, 3.05) is 33.2 Å². The Morgan fingerprint density at radius 1 is 1.26 bits per heavy atom. The van der Waals surface area contributed by atoms with Gasteiger partial charge in [0.05, 0.1) is 5.56 Å². The van der Waals surface area contributed by atoms with E-state index in [1.54, 1.807) is 0 Å². The number of hydrogen-bond donors (Lipinski definition) is 0. The van der Waals surface area contributed by atoms with Gasteiger partial charge in [-0.15, -0.1) is 0 Å². The molecule has 0 radical (unpaired) electrons. The van der Waals surface area contributed by atoms with Gasteiger partial charge in [-0.25, -0.2) is 0 Å². The van der Waals surface area contributed by atoms with Gasteiger partial charge in [-0.1, -0.05) is 12.1 Å². The van der Waals surface area contributed by atoms with E-state index >= 15 is 0 Å². The zero-order valence-corrected chi connectivity index (χ0v) is 11.6. The van der Waals surface area contributed by atoms with Crippen LogP contribution in [0.2, 0.25) is 0 Å². The highest BCUT2D eigenvalue weighted by Gasteiger charge is 2.28. The molecule has 1 atom stereocenters. The average molecular weight is 260 g/mol. The van der Waals surface area contributed by atoms with Gasteiger partial charge in [-0.3, -0.25) is 4.79 Å². The monoisotopic (exact) mass is 260 g/mol. The number of piperazine rings is 1. The smallest absolute Gasteiger partial charge is 0.257 e. The number of fused-ring (bicyclic) bond motifs is 1. The first-order chi connectivity index (χ1) is 9.15. The van der Waals surface area contributed by atoms with Gasteiger partial charge in [-0.2, -0.15) is 0 Å². The summed E-state index contributed by atoms with van der Waals surface area (Å²) in [6.45, 7) is 5.53. The highest BCUT2D eigenvalue weighted by molar-refractivity contribution is 5.97. The molecule has 2 heterocycles. The third kappa shape index (κ3) is 2.32. The molecule has 0 aromatic heterocycles. The minimum Gasteiger partial charge on any atom is -0.489 e. The van der Waals surface area contributed by atoms with E-state index in [9.17, 15) is 4.79 Å². The molecule has 1 aromatic rings. The normalized spacial score (nSPS) is 23.1. The number of benzene rings is 1. The Bertz CT molecular complexity index is 493. The summed E-state index contributed by atoms with van der Waals surface area (Å²) in [4.78, 5) is 16.8. The molecule has 4 heteroatoms. The Morgan fingerprint density at radius 3 is 2.74 bits per heavy atom. The minimum absolute atomic E-state index is 0.110. The van der Waals surface area contributed by atoms with Crippen molar-refractivity contribution in [1.82, 2.24) is 9.80 Å². The van der Waals surface area contributed by atoms with Crippen LogP contribution in [0.3, 0.4) is 0 Å². The molecule has 1 saturated heterocycles. The van der Waals surface area contributed by atoms with E-state index in [-0.39, 0.29) is 12.0 Å². The summed E-state index contributed by atoms with van der Waals surface area (Å²) in [6, 6.07) is 5.90. The van der Waals surface area contributed by atoms with Gasteiger partial charge in [-0.05, 0) is 25.6 Å². The predicted octanol–water partition coefficient (Wildman–Crippen LogP) is 1.40. The van der Waals surface area contributed by atoms with Crippen molar-refractivity contribution in [2.45, 2.75) is 19.4 Å². The maximum Gasteiger partial charge on any atom is 0.257 e. The summed E-state index contributed by atoms with van der Waals surface area (Å²) in [5, 5.41) is 0. The first kappa shape index (κ1) is 12.5. The van der Waals surface area contributed by atoms with E-state index in [0.717, 1.165) is 49.5 Å². The molecule has 3 rings (SSSR count). The number of amides is 1. The number of rotatable bonds is 1. The van der Waals surface area contributed by atoms with Gasteiger partial charge in [0, 0.05) is 32.6 Å². The molecule has 2 aliphatic heterocycles. The molecule has 1 fully saturated rings. The lowest BCUT2D eigenvalue weighted by Crippen LogP contribution is -2.47. The zero-order valence-electron chi connectivity index (χ0n) is 11.6. The van der Waals surface area contributed by atoms with Crippen molar-refractivity contribution >= 4 is 5.91 Å². The summed E-state index contributed by atoms with van der Waals surface area (Å²) >= 11 is 0. The Hall–Kier alpha value is -1.55. The maximum absolute atomic E-state index is 12.6. The van der Waals surface area contributed by atoms with Crippen LogP contribution in [0.15, 0.2) is 18.2 Å². The molecule has 1 amide bonds. The average Bonchev–Trinajstić information content (AvgIpc) is 2.78. The van der Waals surface area contributed by atoms with E-state index in [1.807, 2.05) is 24.0 Å². The quantitative estimate of drug-likeness (QED) is 0.765. The van der Waals surface area contributed by atoms with Crippen molar-refractivity contribution < 1.29 is 9.53 Å². The zero-order chi connectivity index (χ0) is 13.4. The number of carbonyl (C=O) groups excluding carboxylic acids is 1. The van der Waals surface area contributed by atoms with Crippen LogP contribution in [0.4, 0.5) is 0 Å². The van der Waals surface area contributed by atoms with Crippen molar-refractivity contribution in [2.24, 2.45) is 0 Å². The number of hydrogen-bond acceptors (Lipinski definition) is 3. The molecule has 102 valence electrons. The van der Waals surface area contributed by atoms with Crippen molar-refractivity contribution in [3.05, 3.63) is 29.3 Å². The molecule has 4 nitrogen and oxygen atoms in total. The van der Waals surface area contributed by atoms with Gasteiger partial charge in [0.1, 0.15) is 11.9 Å². The standard InChI is InChI=1S/C15H20N2O2/c1-11-10-12-4-3-5-13(14(12)19-11)15(18)17-8-6-16(2)7-9-17/h3-5,11H,6-10H2,1-2H3. The topological polar surface area (TPSA) is 32.8 Å². The van der Waals surface area contributed by atoms with Crippen LogP contribution in [-0.4, -0.2) is 55.0 Å². The lowest BCUT2D eigenvalue weighted by Gasteiger charge is -2.32. The minimum atomic E-state index is 0.110. The number of para-hydroxylation sites is 1. The fourth-order valence-corrected chi connectivity index (χ4v) is 2.79. The summed E-state index contributed by atoms with van der Waals surface area (Å²) in [7, 11) is 2.09. The van der Waals surface area contributed by atoms with Gasteiger partial charge in [0.2, 0.25) is 0 Å². The molecular formula is C15H20N2O2. The van der Waals surface area contributed by atoms with E-state index in [2.05, 4.69) is 18.0 Å². The summed E-state index contributed by atoms with van der Waals surface area (Å²) in [5.41, 5.74) is 1.89. The first-order valence-electron chi connectivity index (χ1n) is 6.91. The van der Waals surface area contributed by atoms with Gasteiger partial charge < -0.3 is 14.5 Å². The molecule has 0 N–H and O–H groups in total. The molecule has 2 aliphatic rings. The number of nitrogens with zero attached hydrogens (tertiary/aromatic N) is 2. The van der Waals surface area contributed by atoms with Crippen LogP contribution < -0.4 is 4.74 Å². The summed E-state index contributed by atoms with van der Waals surface area (Å²) < 4.78 is 5.81. The van der Waals surface area contributed by atoms with Crippen LogP contribution in [0.1, 0.15) is 22.8 Å². The Morgan fingerprint density at radius 2 is 2.00 bits per heavy atom. The molecular weight excluding hydrogens is 240 g/mol. The number of carbonyl (C=O) groups is 1. The Labute approximate surface area is 113 Å². The largest absolute Gasteiger partial charge is 0.489 e. The maximum atomic E-state index is 12.6. The number of likely N-dealkylation sites (N-methyl/N-ethyl adjacent to an activating group) is 1. The highest BCUT2D eigenvalue weighted by atomic mass is 16.5. The van der Waals surface area contributed by atoms with E-state index < -0.39 is 0 Å². The van der Waals surface area contributed by atoms with Crippen molar-refractivity contribution in [1.29, 1.82) is 0 Å². The fourth-order valence-electron chi connectivity index (χ4n) is 2.79. The van der Waals surface area contributed by atoms with Crippen LogP contribution >= 0.6 is 0 Å². The van der Waals surface area contributed by atoms with Gasteiger partial charge >= 0.3 is 0 Å². The molecule has 1 unspecified atom stereocenters. The summed E-state index contributed by atoms with van der Waals surface area (Å²) in [5.74, 6) is 0.915. The molecule has 1 aromatic carbocycles. The predicted molar refractivity (Wildman–Crippen MR) is 73.6 cm³/mol. The SMILES string of the molecule is CC1Cc2cccc(C(=O)N3CCN(C)CC3)c2O1. The van der Waals surface area contributed by atoms with E-state index in [4.69, 9.17) is 4.74 Å². The second-order valence-electron chi connectivity index (χ2n) is 5.52. The Balaban J connectivity index is 1.83. The van der Waals surface area contributed by atoms with Crippen LogP contribution in [0, 0.1) is 0 Å². The first-order valence-corrected chi connectivity index (χ1v) is 6.91. The van der Waals surface area contributed by atoms with Crippen LogP contribution in [0.25, 0.3) is 0 Å². The second kappa shape index (κ2) is 4.85. The van der Waals surface area contributed by atoms with Gasteiger partial charge in [0.25, 0.3) is 5.91 Å². The molecule has 0 bridgehead atoms. The molecule has 0 aliphatic carbocycles. The van der Waals surface area contributed by atoms with Crippen molar-refractivity contribution in [3.63, 3.8) is 0 Å². The molecule has 0 spiro atoms. The van der Waals surface area contributed by atoms with Crippen LogP contribution in [-0.2, 0) is 6.42 Å². The highest BCUT2D eigenvalue weighted by Crippen LogP contribution is 2.33. The number of ether oxygens (including phenoxy) is 1. The van der Waals surface area contributed by atoms with Crippen LogP contribution in [0.5, 0.6) is 5.75 Å². The lowest BCUT2D eigenvalue weighted by molar-refractivity contribution is 0.0659. The second-order valence-corrected chi connectivity index (χ2v) is 5.52. The van der Waals surface area contributed by atoms with E-state index in [1.165, 1.54) is 0 Å². The Kier molecular flexibility index (Phi) is 3.19. The summed E-state index contributed by atoms with van der Waals surface area (Å²) in [6.07, 6.45) is 1.08. The third-order valence-electron chi connectivity index (χ3n) is 3.94. The fraction of sp³-hybridized carbons (Fsp3) is 0.533. The molecule has 0 saturated carbocycles. The lowest BCUT2D eigenvalue weighted by atomic mass is 10.1. The van der Waals surface area contributed by atoms with Crippen molar-refractivity contribution in [3.8, 4) is 5.75 Å². The van der Waals surface area contributed by atoms with E-state index in [0.29, 0.717) is 0 Å². The van der Waals surface area contributed by atoms with Gasteiger partial charge in [0.15, 0.2) is 0 Å². The third-order valence-corrected chi connectivity index (χ3v) is 3.94. The molecule has 19 heavy (non-hydrogen) atoms.